The van der Waals surface area contributed by atoms with Crippen molar-refractivity contribution in [2.75, 3.05) is 51.6 Å². The fraction of sp³-hybridized carbons (Fsp3) is 0.580. The number of rotatable bonds is 11. The first-order valence-electron chi connectivity index (χ1n) is 22.9. The number of fused-ring (bicyclic) bond motifs is 5. The number of methoxy groups -OCH3 is 1. The zero-order valence-corrected chi connectivity index (χ0v) is 39.8. The number of anilines is 1. The molecule has 0 saturated carbocycles. The highest BCUT2D eigenvalue weighted by atomic mass is 28.3. The number of ether oxygens (including phenoxy) is 4. The van der Waals surface area contributed by atoms with Gasteiger partial charge in [-0.2, -0.15) is 9.97 Å². The number of amides is 1. The Hall–Kier alpha value is -4.51. The molecular formula is C50H65F2N5O5Si. The number of nitrogens with zero attached hydrogens (tertiary/aromatic N) is 5. The summed E-state index contributed by atoms with van der Waals surface area (Å²) in [5, 5.41) is 2.23. The van der Waals surface area contributed by atoms with Gasteiger partial charge in [0.1, 0.15) is 43.8 Å². The number of benzene rings is 3. The highest BCUT2D eigenvalue weighted by molar-refractivity contribution is 6.90. The van der Waals surface area contributed by atoms with Gasteiger partial charge in [-0.25, -0.2) is 13.6 Å². The van der Waals surface area contributed by atoms with Crippen LogP contribution in [0.15, 0.2) is 42.5 Å². The van der Waals surface area contributed by atoms with Crippen LogP contribution in [0.25, 0.3) is 32.8 Å². The Bertz CT molecular complexity index is 2390. The van der Waals surface area contributed by atoms with E-state index in [1.165, 1.54) is 6.07 Å². The van der Waals surface area contributed by atoms with Gasteiger partial charge in [-0.1, -0.05) is 59.6 Å². The van der Waals surface area contributed by atoms with E-state index in [0.717, 1.165) is 48.6 Å². The molecule has 0 spiro atoms. The number of carbonyl (C=O) groups excluding carboxylic acids is 1. The van der Waals surface area contributed by atoms with Gasteiger partial charge in [0.2, 0.25) is 0 Å². The summed E-state index contributed by atoms with van der Waals surface area (Å²) in [6.45, 7) is 21.9. The Morgan fingerprint density at radius 2 is 1.67 bits per heavy atom. The van der Waals surface area contributed by atoms with Crippen LogP contribution in [0.4, 0.5) is 19.4 Å². The van der Waals surface area contributed by atoms with E-state index >= 15 is 4.39 Å². The summed E-state index contributed by atoms with van der Waals surface area (Å²) in [6, 6.07) is 13.1. The molecule has 0 N–H and O–H groups in total. The van der Waals surface area contributed by atoms with Gasteiger partial charge in [0.05, 0.1) is 23.1 Å². The van der Waals surface area contributed by atoms with Gasteiger partial charge in [0, 0.05) is 55.1 Å². The molecule has 13 heteroatoms. The van der Waals surface area contributed by atoms with Crippen molar-refractivity contribution in [2.45, 2.75) is 140 Å². The second-order valence-electron chi connectivity index (χ2n) is 20.3. The van der Waals surface area contributed by atoms with Crippen molar-refractivity contribution in [1.29, 1.82) is 0 Å². The summed E-state index contributed by atoms with van der Waals surface area (Å²) >= 11 is 0. The van der Waals surface area contributed by atoms with Gasteiger partial charge in [0.15, 0.2) is 6.79 Å². The summed E-state index contributed by atoms with van der Waals surface area (Å²) < 4.78 is 55.8. The number of hydrogen-bond acceptors (Lipinski definition) is 9. The molecule has 63 heavy (non-hydrogen) atoms. The van der Waals surface area contributed by atoms with Crippen molar-refractivity contribution in [3.63, 3.8) is 0 Å². The molecule has 4 aliphatic heterocycles. The third kappa shape index (κ3) is 8.60. The lowest BCUT2D eigenvalue weighted by Gasteiger charge is -2.42. The highest BCUT2D eigenvalue weighted by Gasteiger charge is 2.50. The van der Waals surface area contributed by atoms with Gasteiger partial charge >= 0.3 is 12.1 Å². The fourth-order valence-corrected chi connectivity index (χ4v) is 16.7. The molecule has 8 rings (SSSR count). The molecule has 0 aliphatic carbocycles. The monoisotopic (exact) mass is 881 g/mol. The van der Waals surface area contributed by atoms with Gasteiger partial charge in [-0.05, 0) is 111 Å². The third-order valence-electron chi connectivity index (χ3n) is 14.2. The first-order chi connectivity index (χ1) is 29.9. The number of carbonyl (C=O) groups is 1. The Morgan fingerprint density at radius 3 is 2.33 bits per heavy atom. The summed E-state index contributed by atoms with van der Waals surface area (Å²) in [4.78, 5) is 29.7. The summed E-state index contributed by atoms with van der Waals surface area (Å²) in [6.07, 6.45) is 2.66. The van der Waals surface area contributed by atoms with Crippen molar-refractivity contribution in [1.82, 2.24) is 19.8 Å². The minimum absolute atomic E-state index is 0.0263. The lowest BCUT2D eigenvalue weighted by molar-refractivity contribution is 0.0122. The number of halogens is 2. The Kier molecular flexibility index (Phi) is 12.5. The van der Waals surface area contributed by atoms with Gasteiger partial charge in [0.25, 0.3) is 0 Å². The highest BCUT2D eigenvalue weighted by Crippen LogP contribution is 2.44. The molecule has 1 amide bonds. The zero-order chi connectivity index (χ0) is 45.0. The summed E-state index contributed by atoms with van der Waals surface area (Å²) in [7, 11) is -0.552. The lowest BCUT2D eigenvalue weighted by Crippen LogP contribution is -2.57. The molecule has 4 aromatic rings. The predicted octanol–water partition coefficient (Wildman–Crippen LogP) is 10.7. The first-order valence-corrected chi connectivity index (χ1v) is 25.2. The largest absolute Gasteiger partial charge is 0.468 e. The van der Waals surface area contributed by atoms with E-state index in [9.17, 15) is 9.18 Å². The van der Waals surface area contributed by atoms with Crippen LogP contribution in [0.1, 0.15) is 100.0 Å². The standard InChI is InChI=1S/C50H65F2N5O5Si/c1-31(2)63(32(3)4,33(5)6)20-17-34-13-11-14-35-21-39(61-30-59-10)22-41(45(34)35)40-24-44-42(23-43(40)52)46(54-47(53-44)60-29-50-18-12-19-56(50)26-36(51)25-50)55-27-37-15-16-38(28-55)57(37)48(58)62-49(7,8)9/h11,13-14,21-24,31-33,36-38H,12,15-16,18-19,25-30H2,1-10H3/t36-,37?,38?,50+/m1/s1. The molecule has 10 nitrogen and oxygen atoms in total. The average molecular weight is 882 g/mol. The van der Waals surface area contributed by atoms with Crippen LogP contribution in [0.3, 0.4) is 0 Å². The summed E-state index contributed by atoms with van der Waals surface area (Å²) in [5.41, 5.74) is 6.48. The number of hydrogen-bond donors (Lipinski definition) is 0. The Morgan fingerprint density at radius 1 is 0.952 bits per heavy atom. The second kappa shape index (κ2) is 17.5. The topological polar surface area (TPSA) is 89.5 Å². The SMILES string of the molecule is COCOc1cc(-c2cc3nc(OC[C@@]45CCCN4C[C@H](F)C5)nc(N4CC5CCC(C4)N5C(=O)OC(C)(C)C)c3cc2F)c2c(C#C[Si](C(C)C)(C(C)C)C(C)C)cccc2c1. The molecule has 4 saturated heterocycles. The molecule has 3 aromatic carbocycles. The number of alkyl halides is 1. The van der Waals surface area contributed by atoms with Gasteiger partial charge in [-0.3, -0.25) is 9.80 Å². The maximum absolute atomic E-state index is 17.3. The molecule has 338 valence electrons. The molecule has 0 radical (unpaired) electrons. The first kappa shape index (κ1) is 45.1. The van der Waals surface area contributed by atoms with Crippen LogP contribution >= 0.6 is 0 Å². The van der Waals surface area contributed by atoms with Crippen LogP contribution < -0.4 is 14.4 Å². The number of piperazine rings is 1. The summed E-state index contributed by atoms with van der Waals surface area (Å²) in [5.74, 6) is 4.30. The van der Waals surface area contributed by atoms with Gasteiger partial charge in [-0.15, -0.1) is 5.54 Å². The van der Waals surface area contributed by atoms with E-state index in [0.29, 0.717) is 76.3 Å². The molecule has 2 unspecified atom stereocenters. The average Bonchev–Trinajstić information content (AvgIpc) is 3.84. The van der Waals surface area contributed by atoms with Crippen molar-refractivity contribution < 1.29 is 32.5 Å². The van der Waals surface area contributed by atoms with Gasteiger partial charge < -0.3 is 23.8 Å². The van der Waals surface area contributed by atoms with Crippen LogP contribution in [0, 0.1) is 17.3 Å². The van der Waals surface area contributed by atoms with E-state index < -0.39 is 31.2 Å². The molecule has 4 fully saturated rings. The smallest absolute Gasteiger partial charge is 0.410 e. The second-order valence-corrected chi connectivity index (χ2v) is 25.9. The van der Waals surface area contributed by atoms with E-state index in [-0.39, 0.29) is 37.6 Å². The van der Waals surface area contributed by atoms with Crippen molar-refractivity contribution in [3.05, 3.63) is 53.8 Å². The normalized spacial score (nSPS) is 22.7. The Balaban J connectivity index is 1.27. The molecule has 4 atom stereocenters. The fourth-order valence-electron chi connectivity index (χ4n) is 11.5. The molecule has 1 aromatic heterocycles. The van der Waals surface area contributed by atoms with E-state index in [1.54, 1.807) is 13.2 Å². The van der Waals surface area contributed by atoms with Crippen molar-refractivity contribution in [2.24, 2.45) is 0 Å². The van der Waals surface area contributed by atoms with E-state index in [1.807, 2.05) is 56.0 Å². The zero-order valence-electron chi connectivity index (χ0n) is 38.8. The molecule has 2 bridgehead atoms. The number of aromatic nitrogens is 2. The van der Waals surface area contributed by atoms with Crippen LogP contribution in [0.5, 0.6) is 11.8 Å². The van der Waals surface area contributed by atoms with E-state index in [4.69, 9.17) is 28.9 Å². The maximum atomic E-state index is 17.3. The minimum atomic E-state index is -2.12. The van der Waals surface area contributed by atoms with Crippen molar-refractivity contribution >= 4 is 41.7 Å². The molecular weight excluding hydrogens is 817 g/mol. The third-order valence-corrected chi connectivity index (χ3v) is 20.5. The lowest BCUT2D eigenvalue weighted by atomic mass is 9.93. The van der Waals surface area contributed by atoms with Crippen molar-refractivity contribution in [3.8, 4) is 34.4 Å². The van der Waals surface area contributed by atoms with Crippen LogP contribution in [-0.2, 0) is 9.47 Å². The van der Waals surface area contributed by atoms with E-state index in [2.05, 4.69) is 62.8 Å². The maximum Gasteiger partial charge on any atom is 0.410 e. The minimum Gasteiger partial charge on any atom is -0.468 e. The molecule has 5 heterocycles. The quantitative estimate of drug-likeness (QED) is 0.0830. The predicted molar refractivity (Wildman–Crippen MR) is 249 cm³/mol. The Labute approximate surface area is 373 Å². The molecule has 4 aliphatic rings. The van der Waals surface area contributed by atoms with Crippen LogP contribution in [0.2, 0.25) is 16.6 Å². The van der Waals surface area contributed by atoms with Crippen LogP contribution in [-0.4, -0.2) is 110 Å².